The summed E-state index contributed by atoms with van der Waals surface area (Å²) in [6.45, 7) is 0. The summed E-state index contributed by atoms with van der Waals surface area (Å²) in [6, 6.07) is 12.7. The van der Waals surface area contributed by atoms with Crippen molar-refractivity contribution in [3.05, 3.63) is 59.5 Å². The molecule has 0 N–H and O–H groups in total. The van der Waals surface area contributed by atoms with E-state index in [2.05, 4.69) is 4.74 Å². The van der Waals surface area contributed by atoms with Crippen molar-refractivity contribution in [3.8, 4) is 0 Å². The number of Topliss-reactive ketones (excluding diaryl/α,β-unsaturated/α-hetero) is 1. The number of esters is 1. The van der Waals surface area contributed by atoms with Crippen molar-refractivity contribution >= 4 is 11.8 Å². The zero-order valence-corrected chi connectivity index (χ0v) is 11.1. The van der Waals surface area contributed by atoms with Crippen LogP contribution in [0.5, 0.6) is 0 Å². The van der Waals surface area contributed by atoms with Gasteiger partial charge in [-0.1, -0.05) is 30.3 Å². The molecule has 0 spiro atoms. The fraction of sp³-hybridized carbons (Fsp3) is 0.250. The fourth-order valence-electron chi connectivity index (χ4n) is 2.44. The fourth-order valence-corrected chi connectivity index (χ4v) is 2.44. The Morgan fingerprint density at radius 1 is 1.05 bits per heavy atom. The number of hydrogen-bond donors (Lipinski definition) is 0. The minimum Gasteiger partial charge on any atom is -0.463 e. The summed E-state index contributed by atoms with van der Waals surface area (Å²) in [5, 5.41) is 0. The molecule has 1 saturated carbocycles. The van der Waals surface area contributed by atoms with E-state index in [1.807, 2.05) is 30.3 Å². The minimum absolute atomic E-state index is 0.0553. The molecule has 0 unspecified atom stereocenters. The number of furan rings is 1. The summed E-state index contributed by atoms with van der Waals surface area (Å²) in [5.41, 5.74) is 0.521. The summed E-state index contributed by atoms with van der Waals surface area (Å²) in [4.78, 5) is 24.0. The maximum Gasteiger partial charge on any atom is 0.373 e. The number of carbonyl (C=O) groups excluding carboxylic acids is 2. The number of methoxy groups -OCH3 is 1. The highest BCUT2D eigenvalue weighted by Gasteiger charge is 2.52. The van der Waals surface area contributed by atoms with Crippen LogP contribution >= 0.6 is 0 Å². The third-order valence-electron chi connectivity index (χ3n) is 3.73. The van der Waals surface area contributed by atoms with Crippen molar-refractivity contribution < 1.29 is 18.7 Å². The molecule has 1 aliphatic carbocycles. The zero-order valence-electron chi connectivity index (χ0n) is 11.1. The molecule has 4 heteroatoms. The van der Waals surface area contributed by atoms with Gasteiger partial charge in [0.15, 0.2) is 5.76 Å². The van der Waals surface area contributed by atoms with E-state index in [1.165, 1.54) is 19.2 Å². The first-order valence-electron chi connectivity index (χ1n) is 6.46. The Morgan fingerprint density at radius 2 is 1.70 bits per heavy atom. The van der Waals surface area contributed by atoms with Gasteiger partial charge in [0, 0.05) is 0 Å². The first-order chi connectivity index (χ1) is 9.67. The largest absolute Gasteiger partial charge is 0.463 e. The molecule has 1 heterocycles. The van der Waals surface area contributed by atoms with Crippen LogP contribution in [0.15, 0.2) is 46.9 Å². The normalized spacial score (nSPS) is 15.7. The van der Waals surface area contributed by atoms with Gasteiger partial charge >= 0.3 is 5.97 Å². The first kappa shape index (κ1) is 12.7. The molecule has 0 aliphatic heterocycles. The summed E-state index contributed by atoms with van der Waals surface area (Å²) < 4.78 is 9.89. The predicted octanol–water partition coefficient (Wildman–Crippen LogP) is 2.98. The second-order valence-corrected chi connectivity index (χ2v) is 4.93. The Bertz CT molecular complexity index is 650. The van der Waals surface area contributed by atoms with Gasteiger partial charge < -0.3 is 9.15 Å². The molecule has 0 radical (unpaired) electrons. The lowest BCUT2D eigenvalue weighted by Gasteiger charge is -2.12. The average Bonchev–Trinajstić information content (AvgIpc) is 3.17. The second-order valence-electron chi connectivity index (χ2n) is 4.93. The molecular formula is C16H14O4. The van der Waals surface area contributed by atoms with Crippen molar-refractivity contribution in [2.45, 2.75) is 18.3 Å². The van der Waals surface area contributed by atoms with Crippen molar-refractivity contribution in [2.75, 3.05) is 7.11 Å². The summed E-state index contributed by atoms with van der Waals surface area (Å²) in [6.07, 6.45) is 1.62. The van der Waals surface area contributed by atoms with E-state index in [4.69, 9.17) is 4.42 Å². The smallest absolute Gasteiger partial charge is 0.373 e. The highest BCUT2D eigenvalue weighted by Crippen LogP contribution is 2.50. The lowest BCUT2D eigenvalue weighted by Crippen LogP contribution is -2.20. The van der Waals surface area contributed by atoms with Gasteiger partial charge in [0.25, 0.3) is 0 Å². The number of benzene rings is 1. The number of ketones is 1. The Balaban J connectivity index is 1.90. The van der Waals surface area contributed by atoms with Crippen LogP contribution in [0.4, 0.5) is 0 Å². The number of hydrogen-bond acceptors (Lipinski definition) is 4. The molecule has 1 aliphatic rings. The minimum atomic E-state index is -0.575. The third-order valence-corrected chi connectivity index (χ3v) is 3.73. The molecule has 2 aromatic rings. The Labute approximate surface area is 116 Å². The molecule has 1 aromatic heterocycles. The topological polar surface area (TPSA) is 56.5 Å². The van der Waals surface area contributed by atoms with E-state index >= 15 is 0 Å². The van der Waals surface area contributed by atoms with Gasteiger partial charge in [-0.05, 0) is 30.5 Å². The van der Waals surface area contributed by atoms with Crippen LogP contribution in [0.1, 0.15) is 39.5 Å². The predicted molar refractivity (Wildman–Crippen MR) is 71.7 cm³/mol. The monoisotopic (exact) mass is 270 g/mol. The van der Waals surface area contributed by atoms with Crippen molar-refractivity contribution in [2.24, 2.45) is 0 Å². The molecule has 1 fully saturated rings. The van der Waals surface area contributed by atoms with Crippen LogP contribution in [0.25, 0.3) is 0 Å². The molecule has 102 valence electrons. The van der Waals surface area contributed by atoms with Gasteiger partial charge in [0.2, 0.25) is 11.5 Å². The van der Waals surface area contributed by atoms with E-state index in [1.54, 1.807) is 0 Å². The maximum atomic E-state index is 12.6. The average molecular weight is 270 g/mol. The summed E-state index contributed by atoms with van der Waals surface area (Å²) in [7, 11) is 1.28. The highest BCUT2D eigenvalue weighted by atomic mass is 16.5. The Kier molecular flexibility index (Phi) is 2.93. The second kappa shape index (κ2) is 4.63. The van der Waals surface area contributed by atoms with Crippen LogP contribution in [-0.4, -0.2) is 18.9 Å². The van der Waals surface area contributed by atoms with Crippen LogP contribution in [0.2, 0.25) is 0 Å². The van der Waals surface area contributed by atoms with E-state index < -0.39 is 11.4 Å². The van der Waals surface area contributed by atoms with Crippen LogP contribution in [-0.2, 0) is 10.2 Å². The lowest BCUT2D eigenvalue weighted by atomic mass is 9.90. The van der Waals surface area contributed by atoms with E-state index in [-0.39, 0.29) is 17.3 Å². The lowest BCUT2D eigenvalue weighted by molar-refractivity contribution is 0.0562. The van der Waals surface area contributed by atoms with Crippen LogP contribution in [0.3, 0.4) is 0 Å². The summed E-state index contributed by atoms with van der Waals surface area (Å²) in [5.74, 6) is -0.376. The highest BCUT2D eigenvalue weighted by molar-refractivity contribution is 6.04. The number of rotatable bonds is 4. The molecule has 1 aromatic carbocycles. The molecular weight excluding hydrogens is 256 g/mol. The van der Waals surface area contributed by atoms with E-state index in [0.29, 0.717) is 0 Å². The van der Waals surface area contributed by atoms with Gasteiger partial charge in [-0.2, -0.15) is 0 Å². The molecule has 0 saturated heterocycles. The van der Waals surface area contributed by atoms with Gasteiger partial charge in [0.05, 0.1) is 12.5 Å². The Morgan fingerprint density at radius 3 is 2.30 bits per heavy atom. The molecule has 0 bridgehead atoms. The third kappa shape index (κ3) is 1.93. The van der Waals surface area contributed by atoms with Gasteiger partial charge in [-0.15, -0.1) is 0 Å². The van der Waals surface area contributed by atoms with Gasteiger partial charge in [0.1, 0.15) is 0 Å². The van der Waals surface area contributed by atoms with E-state index in [9.17, 15) is 9.59 Å². The zero-order chi connectivity index (χ0) is 14.2. The van der Waals surface area contributed by atoms with Crippen molar-refractivity contribution in [1.29, 1.82) is 0 Å². The summed E-state index contributed by atoms with van der Waals surface area (Å²) >= 11 is 0. The maximum absolute atomic E-state index is 12.6. The van der Waals surface area contributed by atoms with Crippen molar-refractivity contribution in [1.82, 2.24) is 0 Å². The molecule has 20 heavy (non-hydrogen) atoms. The standard InChI is InChI=1S/C16H14O4/c1-19-15(18)13-8-7-12(20-13)14(17)16(9-10-16)11-5-3-2-4-6-11/h2-8H,9-10H2,1H3. The van der Waals surface area contributed by atoms with E-state index in [0.717, 1.165) is 18.4 Å². The van der Waals surface area contributed by atoms with Gasteiger partial charge in [-0.25, -0.2) is 4.79 Å². The SMILES string of the molecule is COC(=O)c1ccc(C(=O)C2(c3ccccc3)CC2)o1. The van der Waals surface area contributed by atoms with Crippen LogP contribution < -0.4 is 0 Å². The molecule has 0 amide bonds. The first-order valence-corrected chi connectivity index (χ1v) is 6.46. The Hall–Kier alpha value is -2.36. The quantitative estimate of drug-likeness (QED) is 0.633. The van der Waals surface area contributed by atoms with Crippen molar-refractivity contribution in [3.63, 3.8) is 0 Å². The molecule has 0 atom stereocenters. The molecule has 4 nitrogen and oxygen atoms in total. The molecule has 3 rings (SSSR count). The number of ether oxygens (including phenoxy) is 1. The van der Waals surface area contributed by atoms with Gasteiger partial charge in [-0.3, -0.25) is 4.79 Å². The van der Waals surface area contributed by atoms with Crippen LogP contribution in [0, 0.1) is 0 Å². The number of carbonyl (C=O) groups is 2.